The van der Waals surface area contributed by atoms with Gasteiger partial charge in [-0.15, -0.1) is 11.3 Å². The Morgan fingerprint density at radius 3 is 3.05 bits per heavy atom. The van der Waals surface area contributed by atoms with Crippen molar-refractivity contribution in [3.63, 3.8) is 0 Å². The smallest absolute Gasteiger partial charge is 0.208 e. The lowest BCUT2D eigenvalue weighted by molar-refractivity contribution is 0.163. The van der Waals surface area contributed by atoms with Gasteiger partial charge in [0.15, 0.2) is 0 Å². The number of sulfonamides is 1. The van der Waals surface area contributed by atoms with E-state index in [2.05, 4.69) is 32.2 Å². The first-order valence-corrected chi connectivity index (χ1v) is 10.00. The highest BCUT2D eigenvalue weighted by molar-refractivity contribution is 7.88. The summed E-state index contributed by atoms with van der Waals surface area (Å²) >= 11 is 1.77. The highest BCUT2D eigenvalue weighted by atomic mass is 32.2. The van der Waals surface area contributed by atoms with Crippen LogP contribution in [0.4, 0.5) is 0 Å². The molecule has 2 aromatic rings. The van der Waals surface area contributed by atoms with Gasteiger partial charge in [0.1, 0.15) is 0 Å². The van der Waals surface area contributed by atoms with Gasteiger partial charge in [0.05, 0.1) is 18.0 Å². The molecule has 0 aromatic carbocycles. The fourth-order valence-electron chi connectivity index (χ4n) is 2.83. The summed E-state index contributed by atoms with van der Waals surface area (Å²) in [6.45, 7) is 3.14. The molecule has 6 nitrogen and oxygen atoms in total. The zero-order chi connectivity index (χ0) is 15.6. The molecule has 0 saturated carbocycles. The second-order valence-electron chi connectivity index (χ2n) is 5.63. The Bertz CT molecular complexity index is 709. The number of nitrogens with one attached hydrogen (secondary N) is 1. The van der Waals surface area contributed by atoms with Crippen LogP contribution in [0.5, 0.6) is 0 Å². The van der Waals surface area contributed by atoms with Gasteiger partial charge in [-0.3, -0.25) is 9.58 Å². The highest BCUT2D eigenvalue weighted by Gasteiger charge is 2.25. The molecule has 22 heavy (non-hydrogen) atoms. The molecule has 120 valence electrons. The van der Waals surface area contributed by atoms with Crippen molar-refractivity contribution < 1.29 is 8.42 Å². The molecular formula is C14H20N4O2S2. The van der Waals surface area contributed by atoms with E-state index in [0.29, 0.717) is 6.54 Å². The largest absolute Gasteiger partial charge is 0.290 e. The molecule has 3 rings (SSSR count). The van der Waals surface area contributed by atoms with Crippen molar-refractivity contribution in [1.82, 2.24) is 19.4 Å². The highest BCUT2D eigenvalue weighted by Crippen LogP contribution is 2.25. The molecule has 8 heteroatoms. The van der Waals surface area contributed by atoms with Crippen LogP contribution in [-0.4, -0.2) is 42.4 Å². The summed E-state index contributed by atoms with van der Waals surface area (Å²) in [4.78, 5) is 3.74. The minimum absolute atomic E-state index is 0.202. The molecule has 1 N–H and O–H groups in total. The van der Waals surface area contributed by atoms with Crippen LogP contribution in [-0.2, 0) is 23.1 Å². The summed E-state index contributed by atoms with van der Waals surface area (Å²) in [5.41, 5.74) is 1.19. The van der Waals surface area contributed by atoms with E-state index in [9.17, 15) is 8.42 Å². The second kappa shape index (κ2) is 6.49. The summed E-state index contributed by atoms with van der Waals surface area (Å²) in [5.74, 6) is 0. The monoisotopic (exact) mass is 340 g/mol. The van der Waals surface area contributed by atoms with Gasteiger partial charge < -0.3 is 0 Å². The van der Waals surface area contributed by atoms with E-state index in [-0.39, 0.29) is 6.04 Å². The Morgan fingerprint density at radius 1 is 1.45 bits per heavy atom. The first-order chi connectivity index (χ1) is 10.5. The van der Waals surface area contributed by atoms with E-state index in [4.69, 9.17) is 0 Å². The van der Waals surface area contributed by atoms with Gasteiger partial charge in [-0.1, -0.05) is 6.07 Å². The molecule has 0 aliphatic carbocycles. The van der Waals surface area contributed by atoms with Crippen LogP contribution in [0.1, 0.15) is 23.0 Å². The standard InChI is InChI=1S/C14H20N4O2S2/c1-22(19,20)16-7-5-13-10-17(11-14-3-2-8-21-14)9-12-4-6-15-18(12)13/h2-4,6,8,13,16H,5,7,9-11H2,1H3. The summed E-state index contributed by atoms with van der Waals surface area (Å²) in [6, 6.07) is 6.46. The van der Waals surface area contributed by atoms with Gasteiger partial charge >= 0.3 is 0 Å². The molecule has 0 spiro atoms. The number of aromatic nitrogens is 2. The van der Waals surface area contributed by atoms with Gasteiger partial charge in [-0.25, -0.2) is 13.1 Å². The molecule has 2 aromatic heterocycles. The molecule has 0 radical (unpaired) electrons. The van der Waals surface area contributed by atoms with E-state index in [0.717, 1.165) is 26.1 Å². The van der Waals surface area contributed by atoms with E-state index < -0.39 is 10.0 Å². The molecule has 0 amide bonds. The second-order valence-corrected chi connectivity index (χ2v) is 8.49. The lowest BCUT2D eigenvalue weighted by atomic mass is 10.1. The zero-order valence-electron chi connectivity index (χ0n) is 12.5. The molecule has 1 unspecified atom stereocenters. The van der Waals surface area contributed by atoms with Gasteiger partial charge in [-0.05, 0) is 23.9 Å². The maximum Gasteiger partial charge on any atom is 0.208 e. The molecule has 1 aliphatic heterocycles. The Kier molecular flexibility index (Phi) is 4.62. The lowest BCUT2D eigenvalue weighted by Crippen LogP contribution is -2.38. The maximum absolute atomic E-state index is 11.2. The minimum Gasteiger partial charge on any atom is -0.290 e. The Labute approximate surface area is 134 Å². The van der Waals surface area contributed by atoms with Crippen molar-refractivity contribution in [2.45, 2.75) is 25.6 Å². The minimum atomic E-state index is -3.14. The van der Waals surface area contributed by atoms with Crippen LogP contribution in [0.2, 0.25) is 0 Å². The molecule has 1 aliphatic rings. The van der Waals surface area contributed by atoms with Crippen LogP contribution in [0.3, 0.4) is 0 Å². The molecule has 1 atom stereocenters. The first-order valence-electron chi connectivity index (χ1n) is 7.23. The van der Waals surface area contributed by atoms with Crippen molar-refractivity contribution in [3.05, 3.63) is 40.3 Å². The number of hydrogen-bond donors (Lipinski definition) is 1. The Morgan fingerprint density at radius 2 is 2.32 bits per heavy atom. The zero-order valence-corrected chi connectivity index (χ0v) is 14.1. The van der Waals surface area contributed by atoms with Crippen molar-refractivity contribution in [3.8, 4) is 0 Å². The van der Waals surface area contributed by atoms with Crippen molar-refractivity contribution in [2.75, 3.05) is 19.3 Å². The van der Waals surface area contributed by atoms with Gasteiger partial charge in [0, 0.05) is 37.3 Å². The topological polar surface area (TPSA) is 67.2 Å². The number of rotatable bonds is 6. The van der Waals surface area contributed by atoms with E-state index in [1.54, 1.807) is 11.3 Å². The maximum atomic E-state index is 11.2. The summed E-state index contributed by atoms with van der Waals surface area (Å²) in [6.07, 6.45) is 3.75. The third-order valence-corrected chi connectivity index (χ3v) is 5.34. The van der Waals surface area contributed by atoms with E-state index >= 15 is 0 Å². The average Bonchev–Trinajstić information content (AvgIpc) is 3.08. The first kappa shape index (κ1) is 15.7. The number of nitrogens with zero attached hydrogens (tertiary/aromatic N) is 3. The third-order valence-electron chi connectivity index (χ3n) is 3.75. The summed E-state index contributed by atoms with van der Waals surface area (Å²) in [5, 5.41) is 6.49. The average molecular weight is 340 g/mol. The molecule has 3 heterocycles. The fraction of sp³-hybridized carbons (Fsp3) is 0.500. The predicted octanol–water partition coefficient (Wildman–Crippen LogP) is 1.44. The van der Waals surface area contributed by atoms with Gasteiger partial charge in [0.25, 0.3) is 0 Å². The van der Waals surface area contributed by atoms with Crippen LogP contribution in [0.25, 0.3) is 0 Å². The molecule has 0 fully saturated rings. The number of hydrogen-bond acceptors (Lipinski definition) is 5. The normalized spacial score (nSPS) is 19.2. The van der Waals surface area contributed by atoms with E-state index in [1.807, 2.05) is 16.9 Å². The Hall–Kier alpha value is -1.22. The van der Waals surface area contributed by atoms with Crippen LogP contribution in [0, 0.1) is 0 Å². The molecular weight excluding hydrogens is 320 g/mol. The van der Waals surface area contributed by atoms with Crippen molar-refractivity contribution >= 4 is 21.4 Å². The van der Waals surface area contributed by atoms with Crippen molar-refractivity contribution in [1.29, 1.82) is 0 Å². The Balaban J connectivity index is 1.66. The fourth-order valence-corrected chi connectivity index (χ4v) is 4.07. The number of fused-ring (bicyclic) bond motifs is 1. The van der Waals surface area contributed by atoms with Crippen LogP contribution in [0.15, 0.2) is 29.8 Å². The van der Waals surface area contributed by atoms with E-state index in [1.165, 1.54) is 16.8 Å². The predicted molar refractivity (Wildman–Crippen MR) is 87.2 cm³/mol. The van der Waals surface area contributed by atoms with Crippen LogP contribution < -0.4 is 4.72 Å². The lowest BCUT2D eigenvalue weighted by Gasteiger charge is -2.33. The van der Waals surface area contributed by atoms with Gasteiger partial charge in [0.2, 0.25) is 10.0 Å². The van der Waals surface area contributed by atoms with Crippen molar-refractivity contribution in [2.24, 2.45) is 0 Å². The summed E-state index contributed by atoms with van der Waals surface area (Å²) in [7, 11) is -3.14. The summed E-state index contributed by atoms with van der Waals surface area (Å²) < 4.78 is 27.0. The number of thiophene rings is 1. The van der Waals surface area contributed by atoms with Crippen LogP contribution >= 0.6 is 11.3 Å². The van der Waals surface area contributed by atoms with Gasteiger partial charge in [-0.2, -0.15) is 5.10 Å². The quantitative estimate of drug-likeness (QED) is 0.864. The third kappa shape index (κ3) is 3.95. The molecule has 0 bridgehead atoms. The molecule has 0 saturated heterocycles. The SMILES string of the molecule is CS(=O)(=O)NCCC1CN(Cc2cccs2)Cc2ccnn21.